The number of alkyl halides is 9. The number of hydrogen-bond donors (Lipinski definition) is 1. The summed E-state index contributed by atoms with van der Waals surface area (Å²) in [5, 5.41) is 1.67. The Morgan fingerprint density at radius 1 is 0.721 bits per heavy atom. The first-order valence-corrected chi connectivity index (χ1v) is 12.4. The molecule has 43 heavy (non-hydrogen) atoms. The Morgan fingerprint density at radius 2 is 1.35 bits per heavy atom. The van der Waals surface area contributed by atoms with Crippen molar-refractivity contribution in [2.75, 3.05) is 0 Å². The molecule has 0 aliphatic rings. The first-order chi connectivity index (χ1) is 19.9. The van der Waals surface area contributed by atoms with Crippen molar-refractivity contribution in [3.63, 3.8) is 0 Å². The fourth-order valence-corrected chi connectivity index (χ4v) is 4.75. The van der Waals surface area contributed by atoms with E-state index >= 15 is 0 Å². The highest BCUT2D eigenvalue weighted by Crippen LogP contribution is 2.41. The second-order valence-corrected chi connectivity index (χ2v) is 9.75. The summed E-state index contributed by atoms with van der Waals surface area (Å²) < 4.78 is 136. The average Bonchev–Trinajstić information content (AvgIpc) is 2.92. The zero-order valence-corrected chi connectivity index (χ0v) is 22.1. The molecule has 1 amide bonds. The molecule has 1 heterocycles. The highest BCUT2D eigenvalue weighted by molar-refractivity contribution is 6.31. The highest BCUT2D eigenvalue weighted by atomic mass is 35.5. The highest BCUT2D eigenvalue weighted by Gasteiger charge is 2.43. The van der Waals surface area contributed by atoms with E-state index in [1.165, 1.54) is 24.3 Å². The summed E-state index contributed by atoms with van der Waals surface area (Å²) in [5.74, 6) is -3.03. The van der Waals surface area contributed by atoms with Crippen LogP contribution in [0.25, 0.3) is 0 Å². The minimum atomic E-state index is -5.21. The second-order valence-electron chi connectivity index (χ2n) is 9.34. The molecule has 0 aliphatic carbocycles. The molecule has 3 aromatic carbocycles. The van der Waals surface area contributed by atoms with Crippen molar-refractivity contribution in [1.82, 2.24) is 10.3 Å². The molecule has 0 fully saturated rings. The molecule has 0 bridgehead atoms. The third-order valence-corrected chi connectivity index (χ3v) is 6.72. The number of pyridine rings is 1. The third kappa shape index (κ3) is 6.93. The fourth-order valence-electron chi connectivity index (χ4n) is 4.42. The van der Waals surface area contributed by atoms with E-state index < -0.39 is 75.2 Å². The van der Waals surface area contributed by atoms with Gasteiger partial charge in [-0.05, 0) is 47.5 Å². The lowest BCUT2D eigenvalue weighted by molar-refractivity contribution is -0.140. The molecule has 0 radical (unpaired) electrons. The van der Waals surface area contributed by atoms with Crippen LogP contribution in [0, 0.1) is 5.82 Å². The van der Waals surface area contributed by atoms with Gasteiger partial charge in [0.25, 0.3) is 5.91 Å². The van der Waals surface area contributed by atoms with Crippen LogP contribution < -0.4 is 5.32 Å². The Balaban J connectivity index is 2.01. The number of hydrogen-bond acceptors (Lipinski definition) is 2. The molecule has 1 unspecified atom stereocenters. The molecule has 1 N–H and O–H groups in total. The maximum Gasteiger partial charge on any atom is 0.419 e. The van der Waals surface area contributed by atoms with E-state index in [-0.39, 0.29) is 11.6 Å². The normalized spacial score (nSPS) is 13.8. The Bertz CT molecular complexity index is 1640. The summed E-state index contributed by atoms with van der Waals surface area (Å²) in [6, 6.07) is 12.8. The molecule has 4 aromatic rings. The fraction of sp³-hybridized carbons (Fsp3) is 0.172. The maximum absolute atomic E-state index is 13.9. The van der Waals surface area contributed by atoms with Gasteiger partial charge in [0.2, 0.25) is 0 Å². The van der Waals surface area contributed by atoms with Gasteiger partial charge in [-0.15, -0.1) is 0 Å². The van der Waals surface area contributed by atoms with E-state index in [0.717, 1.165) is 12.1 Å². The summed E-state index contributed by atoms with van der Waals surface area (Å²) in [6.07, 6.45) is -15.1. The average molecular weight is 635 g/mol. The van der Waals surface area contributed by atoms with Crippen molar-refractivity contribution in [3.05, 3.63) is 135 Å². The van der Waals surface area contributed by atoms with Crippen LogP contribution in [0.3, 0.4) is 0 Å². The minimum absolute atomic E-state index is 0.200. The number of nitrogens with one attached hydrogen (secondary N) is 1. The van der Waals surface area contributed by atoms with Crippen molar-refractivity contribution in [2.24, 2.45) is 0 Å². The molecule has 3 nitrogen and oxygen atoms in total. The zero-order chi connectivity index (χ0) is 31.8. The molecule has 226 valence electrons. The predicted octanol–water partition coefficient (Wildman–Crippen LogP) is 8.85. The number of nitrogens with zero attached hydrogens (tertiary/aromatic N) is 1. The Kier molecular flexibility index (Phi) is 8.51. The van der Waals surface area contributed by atoms with Gasteiger partial charge in [0, 0.05) is 18.2 Å². The van der Waals surface area contributed by atoms with E-state index in [9.17, 15) is 48.7 Å². The lowest BCUT2D eigenvalue weighted by Gasteiger charge is -2.36. The maximum atomic E-state index is 13.9. The van der Waals surface area contributed by atoms with Crippen LogP contribution in [0.1, 0.15) is 43.9 Å². The molecule has 4 rings (SSSR count). The van der Waals surface area contributed by atoms with Crippen molar-refractivity contribution >= 4 is 17.5 Å². The third-order valence-electron chi connectivity index (χ3n) is 6.43. The van der Waals surface area contributed by atoms with Gasteiger partial charge in [0.05, 0.1) is 27.4 Å². The number of carbonyl (C=O) groups excluding carboxylic acids is 1. The van der Waals surface area contributed by atoms with E-state index in [2.05, 4.69) is 10.3 Å². The minimum Gasteiger partial charge on any atom is -0.336 e. The summed E-state index contributed by atoms with van der Waals surface area (Å²) in [7, 11) is 0. The van der Waals surface area contributed by atoms with Gasteiger partial charge in [-0.3, -0.25) is 9.78 Å². The molecule has 0 aliphatic heterocycles. The standard InChI is InChI=1S/C29H17ClF10N2O/c30-22-13-20(28(35,36)37)15-41-24(22)26(14-16-5-2-1-3-6-16,18-7-4-8-19(12-18)27(32,33)34)42-25(43)17-9-10-23(31)21(11-17)29(38,39)40/h1-13,15H,14H2,(H,42,43). The molecular weight excluding hydrogens is 618 g/mol. The monoisotopic (exact) mass is 634 g/mol. The van der Waals surface area contributed by atoms with Crippen molar-refractivity contribution in [2.45, 2.75) is 30.5 Å². The molecule has 14 heteroatoms. The SMILES string of the molecule is O=C(NC(Cc1ccccc1)(c1cccc(C(F)(F)F)c1)c1ncc(C(F)(F)F)cc1Cl)c1ccc(F)c(C(F)(F)F)c1. The summed E-state index contributed by atoms with van der Waals surface area (Å²) in [5.41, 5.74) is -7.90. The van der Waals surface area contributed by atoms with Gasteiger partial charge in [-0.1, -0.05) is 54.1 Å². The first-order valence-electron chi connectivity index (χ1n) is 12.1. The topological polar surface area (TPSA) is 42.0 Å². The molecule has 1 atom stereocenters. The molecule has 0 saturated carbocycles. The lowest BCUT2D eigenvalue weighted by Crippen LogP contribution is -2.49. The summed E-state index contributed by atoms with van der Waals surface area (Å²) in [6.45, 7) is 0. The number of amides is 1. The first kappa shape index (κ1) is 31.8. The summed E-state index contributed by atoms with van der Waals surface area (Å²) in [4.78, 5) is 17.3. The number of rotatable bonds is 6. The van der Waals surface area contributed by atoms with Gasteiger partial charge in [0.15, 0.2) is 0 Å². The second kappa shape index (κ2) is 11.5. The Labute approximate surface area is 242 Å². The van der Waals surface area contributed by atoms with E-state index in [4.69, 9.17) is 11.6 Å². The largest absolute Gasteiger partial charge is 0.419 e. The van der Waals surface area contributed by atoms with Crippen LogP contribution in [-0.4, -0.2) is 10.9 Å². The molecule has 0 saturated heterocycles. The van der Waals surface area contributed by atoms with Crippen LogP contribution >= 0.6 is 11.6 Å². The molecule has 1 aromatic heterocycles. The van der Waals surface area contributed by atoms with Crippen LogP contribution in [-0.2, 0) is 30.5 Å². The molecule has 0 spiro atoms. The van der Waals surface area contributed by atoms with Gasteiger partial charge in [-0.25, -0.2) is 4.39 Å². The quantitative estimate of drug-likeness (QED) is 0.215. The number of halogens is 11. The van der Waals surface area contributed by atoms with Crippen LogP contribution in [0.15, 0.2) is 85.1 Å². The smallest absolute Gasteiger partial charge is 0.336 e. The van der Waals surface area contributed by atoms with Gasteiger partial charge >= 0.3 is 18.5 Å². The van der Waals surface area contributed by atoms with Crippen molar-refractivity contribution in [1.29, 1.82) is 0 Å². The van der Waals surface area contributed by atoms with E-state index in [1.54, 1.807) is 6.07 Å². The van der Waals surface area contributed by atoms with Gasteiger partial charge in [0.1, 0.15) is 11.4 Å². The summed E-state index contributed by atoms with van der Waals surface area (Å²) >= 11 is 6.27. The van der Waals surface area contributed by atoms with Crippen molar-refractivity contribution < 1.29 is 48.7 Å². The van der Waals surface area contributed by atoms with Gasteiger partial charge in [-0.2, -0.15) is 39.5 Å². The molecular formula is C29H17ClF10N2O. The van der Waals surface area contributed by atoms with Crippen molar-refractivity contribution in [3.8, 4) is 0 Å². The number of benzene rings is 3. The van der Waals surface area contributed by atoms with Crippen LogP contribution in [0.5, 0.6) is 0 Å². The number of aromatic nitrogens is 1. The Hall–Kier alpha value is -4.13. The van der Waals surface area contributed by atoms with E-state index in [1.807, 2.05) is 0 Å². The lowest BCUT2D eigenvalue weighted by atomic mass is 9.79. The predicted molar refractivity (Wildman–Crippen MR) is 135 cm³/mol. The van der Waals surface area contributed by atoms with Gasteiger partial charge < -0.3 is 5.32 Å². The van der Waals surface area contributed by atoms with Crippen LogP contribution in [0.2, 0.25) is 5.02 Å². The van der Waals surface area contributed by atoms with Crippen LogP contribution in [0.4, 0.5) is 43.9 Å². The van der Waals surface area contributed by atoms with E-state index in [0.29, 0.717) is 42.1 Å². The number of carbonyl (C=O) groups is 1. The Morgan fingerprint density at radius 3 is 1.93 bits per heavy atom. The zero-order valence-electron chi connectivity index (χ0n) is 21.3.